The maximum atomic E-state index is 13.9. The van der Waals surface area contributed by atoms with Gasteiger partial charge in [0, 0.05) is 15.7 Å². The minimum absolute atomic E-state index is 0.192. The number of aliphatic hydroxyl groups excluding tert-OH is 1. The standard InChI is InChI=1S/C27H28BrN3O6/c1-15(32)24(30-27(35)36)25(33)29-21-11-7-16-5-3-4-6-22(16)31(26(21)34)14-20-19-10-9-18(28)13-17(19)8-12-23(20)37-2/h3-6,8-10,12-13,15,21,24,30,32H,7,11,14H2,1-2H3,(H,29,33)(H,35,36)/t15?,21-,24-/m0/s1. The third-order valence-corrected chi connectivity index (χ3v) is 6.99. The first-order valence-corrected chi connectivity index (χ1v) is 12.6. The second kappa shape index (κ2) is 11.2. The van der Waals surface area contributed by atoms with Crippen LogP contribution in [0.4, 0.5) is 10.5 Å². The minimum atomic E-state index is -1.45. The van der Waals surface area contributed by atoms with E-state index in [0.29, 0.717) is 18.6 Å². The molecule has 0 aliphatic carbocycles. The van der Waals surface area contributed by atoms with Crippen LogP contribution >= 0.6 is 15.9 Å². The van der Waals surface area contributed by atoms with Crippen LogP contribution in [0.2, 0.25) is 0 Å². The molecule has 3 atom stereocenters. The molecule has 0 spiro atoms. The highest BCUT2D eigenvalue weighted by Gasteiger charge is 2.35. The van der Waals surface area contributed by atoms with Crippen molar-refractivity contribution in [2.75, 3.05) is 12.0 Å². The van der Waals surface area contributed by atoms with Crippen molar-refractivity contribution in [2.45, 2.75) is 44.5 Å². The average molecular weight is 570 g/mol. The molecule has 4 N–H and O–H groups in total. The van der Waals surface area contributed by atoms with E-state index in [1.807, 2.05) is 59.9 Å². The number of carbonyl (C=O) groups is 3. The lowest BCUT2D eigenvalue weighted by molar-refractivity contribution is -0.130. The van der Waals surface area contributed by atoms with E-state index in [2.05, 4.69) is 21.2 Å². The lowest BCUT2D eigenvalue weighted by Gasteiger charge is -2.29. The van der Waals surface area contributed by atoms with E-state index in [9.17, 15) is 19.5 Å². The number of carboxylic acid groups (broad SMARTS) is 1. The van der Waals surface area contributed by atoms with Crippen molar-refractivity contribution in [3.8, 4) is 5.75 Å². The lowest BCUT2D eigenvalue weighted by Crippen LogP contribution is -2.57. The Morgan fingerprint density at radius 3 is 2.65 bits per heavy atom. The quantitative estimate of drug-likeness (QED) is 0.344. The molecule has 0 aromatic heterocycles. The Kier molecular flexibility index (Phi) is 7.99. The van der Waals surface area contributed by atoms with Crippen LogP contribution in [-0.2, 0) is 22.6 Å². The van der Waals surface area contributed by atoms with E-state index in [1.165, 1.54) is 6.92 Å². The number of amides is 3. The summed E-state index contributed by atoms with van der Waals surface area (Å²) in [6.07, 6.45) is -1.90. The summed E-state index contributed by atoms with van der Waals surface area (Å²) >= 11 is 3.50. The second-order valence-corrected chi connectivity index (χ2v) is 9.85. The molecule has 194 valence electrons. The molecule has 9 nitrogen and oxygen atoms in total. The van der Waals surface area contributed by atoms with E-state index in [0.717, 1.165) is 32.1 Å². The number of ether oxygens (including phenoxy) is 1. The number of hydrogen-bond donors (Lipinski definition) is 4. The topological polar surface area (TPSA) is 128 Å². The summed E-state index contributed by atoms with van der Waals surface area (Å²) < 4.78 is 6.58. The molecule has 37 heavy (non-hydrogen) atoms. The third kappa shape index (κ3) is 5.70. The monoisotopic (exact) mass is 569 g/mol. The van der Waals surface area contributed by atoms with Gasteiger partial charge < -0.3 is 30.5 Å². The summed E-state index contributed by atoms with van der Waals surface area (Å²) in [6.45, 7) is 1.50. The molecule has 1 aliphatic rings. The van der Waals surface area contributed by atoms with Gasteiger partial charge in [0.05, 0.1) is 19.8 Å². The minimum Gasteiger partial charge on any atom is -0.496 e. The fourth-order valence-electron chi connectivity index (χ4n) is 4.67. The summed E-state index contributed by atoms with van der Waals surface area (Å²) in [5.41, 5.74) is 2.50. The van der Waals surface area contributed by atoms with Crippen molar-refractivity contribution in [1.82, 2.24) is 10.6 Å². The van der Waals surface area contributed by atoms with Crippen molar-refractivity contribution in [2.24, 2.45) is 0 Å². The van der Waals surface area contributed by atoms with Gasteiger partial charge in [-0.3, -0.25) is 9.59 Å². The van der Waals surface area contributed by atoms with Crippen molar-refractivity contribution in [3.63, 3.8) is 0 Å². The summed E-state index contributed by atoms with van der Waals surface area (Å²) in [5.74, 6) is -0.479. The lowest BCUT2D eigenvalue weighted by atomic mass is 10.0. The molecule has 3 amide bonds. The van der Waals surface area contributed by atoms with Gasteiger partial charge in [0.1, 0.15) is 17.8 Å². The molecule has 3 aromatic rings. The predicted molar refractivity (Wildman–Crippen MR) is 143 cm³/mol. The van der Waals surface area contributed by atoms with Crippen molar-refractivity contribution < 1.29 is 29.3 Å². The molecule has 3 aromatic carbocycles. The number of carbonyl (C=O) groups excluding carboxylic acids is 2. The summed E-state index contributed by atoms with van der Waals surface area (Å²) in [7, 11) is 1.58. The van der Waals surface area contributed by atoms with Crippen molar-refractivity contribution >= 4 is 50.3 Å². The van der Waals surface area contributed by atoms with Gasteiger partial charge in [-0.15, -0.1) is 0 Å². The van der Waals surface area contributed by atoms with Crippen LogP contribution in [0.5, 0.6) is 5.75 Å². The van der Waals surface area contributed by atoms with E-state index in [-0.39, 0.29) is 12.5 Å². The van der Waals surface area contributed by atoms with Gasteiger partial charge in [-0.25, -0.2) is 4.79 Å². The van der Waals surface area contributed by atoms with Crippen LogP contribution in [0.3, 0.4) is 0 Å². The van der Waals surface area contributed by atoms with Crippen molar-refractivity contribution in [1.29, 1.82) is 0 Å². The number of aliphatic hydroxyl groups is 1. The van der Waals surface area contributed by atoms with Crippen LogP contribution in [0, 0.1) is 0 Å². The maximum Gasteiger partial charge on any atom is 0.405 e. The molecule has 0 radical (unpaired) electrons. The number of halogens is 1. The zero-order chi connectivity index (χ0) is 26.7. The van der Waals surface area contributed by atoms with Crippen LogP contribution in [-0.4, -0.2) is 53.4 Å². The number of aryl methyl sites for hydroxylation is 1. The third-order valence-electron chi connectivity index (χ3n) is 6.50. The fraction of sp³-hybridized carbons (Fsp3) is 0.296. The number of methoxy groups -OCH3 is 1. The van der Waals surface area contributed by atoms with E-state index < -0.39 is 30.2 Å². The predicted octanol–water partition coefficient (Wildman–Crippen LogP) is 3.59. The Hall–Kier alpha value is -3.63. The van der Waals surface area contributed by atoms with E-state index in [1.54, 1.807) is 12.0 Å². The second-order valence-electron chi connectivity index (χ2n) is 8.93. The summed E-state index contributed by atoms with van der Waals surface area (Å²) in [5, 5.41) is 25.6. The normalized spacial score (nSPS) is 16.9. The number of anilines is 1. The zero-order valence-corrected chi connectivity index (χ0v) is 22.0. The highest BCUT2D eigenvalue weighted by atomic mass is 79.9. The molecular formula is C27H28BrN3O6. The number of benzene rings is 3. The van der Waals surface area contributed by atoms with Crippen LogP contribution in [0.1, 0.15) is 24.5 Å². The van der Waals surface area contributed by atoms with E-state index in [4.69, 9.17) is 9.84 Å². The Bertz CT molecular complexity index is 1340. The van der Waals surface area contributed by atoms with Gasteiger partial charge >= 0.3 is 6.09 Å². The number of hydrogen-bond acceptors (Lipinski definition) is 5. The Morgan fingerprint density at radius 1 is 1.19 bits per heavy atom. The molecule has 0 bridgehead atoms. The highest BCUT2D eigenvalue weighted by Crippen LogP contribution is 2.35. The van der Waals surface area contributed by atoms with Gasteiger partial charge in [0.25, 0.3) is 0 Å². The maximum absolute atomic E-state index is 13.9. The van der Waals surface area contributed by atoms with Gasteiger partial charge in [-0.2, -0.15) is 0 Å². The summed E-state index contributed by atoms with van der Waals surface area (Å²) in [4.78, 5) is 39.6. The van der Waals surface area contributed by atoms with Crippen LogP contribution in [0.15, 0.2) is 59.1 Å². The fourth-order valence-corrected chi connectivity index (χ4v) is 5.05. The number of nitrogens with zero attached hydrogens (tertiary/aromatic N) is 1. The Labute approximate surface area is 222 Å². The largest absolute Gasteiger partial charge is 0.496 e. The smallest absolute Gasteiger partial charge is 0.405 e. The summed E-state index contributed by atoms with van der Waals surface area (Å²) in [6, 6.07) is 14.9. The molecule has 4 rings (SSSR count). The molecule has 0 fully saturated rings. The number of rotatable bonds is 7. The van der Waals surface area contributed by atoms with Gasteiger partial charge in [-0.1, -0.05) is 46.3 Å². The first-order chi connectivity index (χ1) is 17.7. The van der Waals surface area contributed by atoms with Gasteiger partial charge in [0.2, 0.25) is 11.8 Å². The van der Waals surface area contributed by atoms with Gasteiger partial charge in [0.15, 0.2) is 0 Å². The molecule has 0 saturated heterocycles. The first kappa shape index (κ1) is 26.4. The SMILES string of the molecule is COc1ccc2cc(Br)ccc2c1CN1C(=O)[C@@H](NC(=O)[C@@H](NC(=O)O)C(C)O)CCc2ccccc21. The Morgan fingerprint density at radius 2 is 1.95 bits per heavy atom. The zero-order valence-electron chi connectivity index (χ0n) is 20.4. The molecule has 0 saturated carbocycles. The van der Waals surface area contributed by atoms with Crippen molar-refractivity contribution in [3.05, 3.63) is 70.2 Å². The Balaban J connectivity index is 1.72. The van der Waals surface area contributed by atoms with Gasteiger partial charge in [-0.05, 0) is 60.4 Å². The average Bonchev–Trinajstić information content (AvgIpc) is 2.99. The number of para-hydroxylation sites is 1. The molecule has 1 unspecified atom stereocenters. The number of nitrogens with one attached hydrogen (secondary N) is 2. The number of fused-ring (bicyclic) bond motifs is 2. The molecular weight excluding hydrogens is 542 g/mol. The van der Waals surface area contributed by atoms with Crippen LogP contribution < -0.4 is 20.3 Å². The molecule has 10 heteroatoms. The van der Waals surface area contributed by atoms with E-state index >= 15 is 0 Å². The first-order valence-electron chi connectivity index (χ1n) is 11.8. The molecule has 1 heterocycles. The highest BCUT2D eigenvalue weighted by molar-refractivity contribution is 9.10. The van der Waals surface area contributed by atoms with Crippen LogP contribution in [0.25, 0.3) is 10.8 Å². The molecule has 1 aliphatic heterocycles.